The Kier molecular flexibility index (Phi) is 6.49. The molecule has 0 aromatic carbocycles. The van der Waals surface area contributed by atoms with E-state index in [4.69, 9.17) is 4.84 Å². The Balaban J connectivity index is 1.47. The largest absolute Gasteiger partial charge is 0.310 e. The number of hydrogen-bond acceptors (Lipinski definition) is 3. The van der Waals surface area contributed by atoms with Gasteiger partial charge in [-0.3, -0.25) is 0 Å². The van der Waals surface area contributed by atoms with Crippen molar-refractivity contribution in [2.45, 2.75) is 111 Å². The van der Waals surface area contributed by atoms with E-state index in [1.807, 2.05) is 0 Å². The minimum atomic E-state index is -0.591. The van der Waals surface area contributed by atoms with Gasteiger partial charge in [0.2, 0.25) is 0 Å². The van der Waals surface area contributed by atoms with E-state index in [0.717, 1.165) is 54.8 Å². The van der Waals surface area contributed by atoms with Crippen molar-refractivity contribution in [3.05, 3.63) is 21.8 Å². The van der Waals surface area contributed by atoms with Crippen molar-refractivity contribution in [3.8, 4) is 0 Å². The molecule has 4 aliphatic carbocycles. The summed E-state index contributed by atoms with van der Waals surface area (Å²) in [6.07, 6.45) is 15.8. The first-order valence-corrected chi connectivity index (χ1v) is 13.2. The quantitative estimate of drug-likeness (QED) is 0.237. The van der Waals surface area contributed by atoms with Crippen LogP contribution in [0.15, 0.2) is 11.6 Å². The van der Waals surface area contributed by atoms with Gasteiger partial charge in [-0.1, -0.05) is 65.5 Å². The Bertz CT molecular complexity index is 703. The summed E-state index contributed by atoms with van der Waals surface area (Å²) in [7, 11) is 0. The normalized spacial score (nSPS) is 42.9. The van der Waals surface area contributed by atoms with Crippen LogP contribution in [0, 0.1) is 56.5 Å². The topological polar surface area (TPSA) is 52.4 Å². The van der Waals surface area contributed by atoms with Crippen molar-refractivity contribution in [2.24, 2.45) is 46.3 Å². The average molecular weight is 432 g/mol. The van der Waals surface area contributed by atoms with Crippen LogP contribution in [0.5, 0.6) is 0 Å². The van der Waals surface area contributed by atoms with E-state index in [0.29, 0.717) is 5.41 Å². The fourth-order valence-corrected chi connectivity index (χ4v) is 8.86. The maximum Gasteiger partial charge on any atom is 0.294 e. The number of nitrogens with zero attached hydrogens (tertiary/aromatic N) is 1. The van der Waals surface area contributed by atoms with Crippen LogP contribution in [0.3, 0.4) is 0 Å². The van der Waals surface area contributed by atoms with Gasteiger partial charge in [-0.2, -0.15) is 0 Å². The number of rotatable bonds is 7. The molecule has 0 bridgehead atoms. The van der Waals surface area contributed by atoms with Crippen molar-refractivity contribution < 1.29 is 9.92 Å². The lowest BCUT2D eigenvalue weighted by Crippen LogP contribution is -2.51. The predicted molar refractivity (Wildman–Crippen MR) is 125 cm³/mol. The van der Waals surface area contributed by atoms with E-state index in [9.17, 15) is 10.1 Å². The van der Waals surface area contributed by atoms with Gasteiger partial charge in [0.1, 0.15) is 6.10 Å². The van der Waals surface area contributed by atoms with E-state index >= 15 is 0 Å². The van der Waals surface area contributed by atoms with E-state index in [1.165, 1.54) is 56.9 Å². The molecule has 0 N–H and O–H groups in total. The van der Waals surface area contributed by atoms with Gasteiger partial charge in [-0.15, -0.1) is 10.1 Å². The van der Waals surface area contributed by atoms with Gasteiger partial charge in [0.05, 0.1) is 0 Å². The van der Waals surface area contributed by atoms with E-state index in [-0.39, 0.29) is 11.5 Å². The van der Waals surface area contributed by atoms with Crippen LogP contribution in [0.1, 0.15) is 105 Å². The second kappa shape index (κ2) is 8.71. The van der Waals surface area contributed by atoms with Crippen LogP contribution < -0.4 is 0 Å². The molecule has 3 saturated carbocycles. The van der Waals surface area contributed by atoms with E-state index in [2.05, 4.69) is 40.7 Å². The maximum absolute atomic E-state index is 10.8. The summed E-state index contributed by atoms with van der Waals surface area (Å²) in [6, 6.07) is 0. The number of allylic oxidation sites excluding steroid dienone is 1. The molecular formula is C27H45NO3. The molecule has 8 atom stereocenters. The number of hydrogen-bond donors (Lipinski definition) is 0. The summed E-state index contributed by atoms with van der Waals surface area (Å²) in [4.78, 5) is 15.8. The third kappa shape index (κ3) is 4.17. The Hall–Kier alpha value is -1.06. The molecule has 0 amide bonds. The van der Waals surface area contributed by atoms with Crippen LogP contribution in [0.25, 0.3) is 0 Å². The zero-order chi connectivity index (χ0) is 22.4. The second-order valence-electron chi connectivity index (χ2n) is 12.5. The van der Waals surface area contributed by atoms with Crippen LogP contribution >= 0.6 is 0 Å². The summed E-state index contributed by atoms with van der Waals surface area (Å²) in [6.45, 7) is 12.4. The minimum absolute atomic E-state index is 0.234. The van der Waals surface area contributed by atoms with Gasteiger partial charge in [0.15, 0.2) is 0 Å². The monoisotopic (exact) mass is 431 g/mol. The lowest BCUT2D eigenvalue weighted by atomic mass is 9.47. The van der Waals surface area contributed by atoms with Crippen LogP contribution in [-0.4, -0.2) is 11.2 Å². The first-order chi connectivity index (χ1) is 14.6. The molecule has 0 aromatic heterocycles. The highest BCUT2D eigenvalue weighted by molar-refractivity contribution is 5.25. The highest BCUT2D eigenvalue weighted by Crippen LogP contribution is 2.67. The lowest BCUT2D eigenvalue weighted by Gasteiger charge is -2.58. The average Bonchev–Trinajstić information content (AvgIpc) is 3.05. The third-order valence-electron chi connectivity index (χ3n) is 10.5. The second-order valence-corrected chi connectivity index (χ2v) is 12.5. The first kappa shape index (κ1) is 23.1. The Labute approximate surface area is 189 Å². The van der Waals surface area contributed by atoms with E-state index < -0.39 is 5.09 Å². The van der Waals surface area contributed by atoms with Crippen molar-refractivity contribution in [1.82, 2.24) is 0 Å². The molecule has 0 saturated heterocycles. The molecule has 0 aliphatic heterocycles. The van der Waals surface area contributed by atoms with Gasteiger partial charge in [0.25, 0.3) is 5.09 Å². The first-order valence-electron chi connectivity index (χ1n) is 13.2. The third-order valence-corrected chi connectivity index (χ3v) is 10.5. The van der Waals surface area contributed by atoms with E-state index in [1.54, 1.807) is 0 Å². The Morgan fingerprint density at radius 1 is 1.10 bits per heavy atom. The maximum atomic E-state index is 10.8. The van der Waals surface area contributed by atoms with Crippen LogP contribution in [-0.2, 0) is 4.84 Å². The molecule has 3 fully saturated rings. The minimum Gasteiger partial charge on any atom is -0.310 e. The summed E-state index contributed by atoms with van der Waals surface area (Å²) in [5, 5.41) is 10.3. The van der Waals surface area contributed by atoms with Gasteiger partial charge in [-0.05, 0) is 97.7 Å². The van der Waals surface area contributed by atoms with Crippen LogP contribution in [0.2, 0.25) is 0 Å². The number of fused-ring (bicyclic) bond motifs is 5. The zero-order valence-electron chi connectivity index (χ0n) is 20.6. The molecule has 4 rings (SSSR count). The fraction of sp³-hybridized carbons (Fsp3) is 0.926. The summed E-state index contributed by atoms with van der Waals surface area (Å²) < 4.78 is 0. The summed E-state index contributed by atoms with van der Waals surface area (Å²) in [5.74, 6) is 5.01. The Morgan fingerprint density at radius 3 is 2.58 bits per heavy atom. The standard InChI is InChI=1S/C27H45NO3/c1-18(2)7-6-8-19(3)23-11-12-24-22-10-9-20-17-21(31-28(29)30)13-15-26(20,4)25(22)14-16-27(23,24)5/h9,18-19,21-25H,6-8,10-17H2,1-5H3/t19-,21?,22+,23-,24+,25+,26+,27-/m1/s1. The summed E-state index contributed by atoms with van der Waals surface area (Å²) in [5.41, 5.74) is 2.22. The Morgan fingerprint density at radius 2 is 1.87 bits per heavy atom. The van der Waals surface area contributed by atoms with Gasteiger partial charge in [0, 0.05) is 0 Å². The molecule has 4 nitrogen and oxygen atoms in total. The molecule has 176 valence electrons. The molecule has 0 aromatic rings. The molecule has 4 heteroatoms. The molecule has 31 heavy (non-hydrogen) atoms. The van der Waals surface area contributed by atoms with Crippen molar-refractivity contribution in [3.63, 3.8) is 0 Å². The van der Waals surface area contributed by atoms with Gasteiger partial charge in [-0.25, -0.2) is 0 Å². The predicted octanol–water partition coefficient (Wildman–Crippen LogP) is 7.60. The summed E-state index contributed by atoms with van der Waals surface area (Å²) >= 11 is 0. The highest BCUT2D eigenvalue weighted by atomic mass is 17.0. The molecule has 0 radical (unpaired) electrons. The molecule has 0 heterocycles. The molecule has 1 unspecified atom stereocenters. The molecule has 0 spiro atoms. The molecule has 4 aliphatic rings. The highest BCUT2D eigenvalue weighted by Gasteiger charge is 2.59. The van der Waals surface area contributed by atoms with Crippen molar-refractivity contribution >= 4 is 0 Å². The van der Waals surface area contributed by atoms with Crippen LogP contribution in [0.4, 0.5) is 0 Å². The fourth-order valence-electron chi connectivity index (χ4n) is 8.86. The smallest absolute Gasteiger partial charge is 0.294 e. The molecular weight excluding hydrogens is 386 g/mol. The SMILES string of the molecule is CC(C)CCC[C@@H](C)[C@H]1CC[C@H]2[C@@H]3CC=C4CC(O[N+](=O)[O-])CC[C@]4(C)[C@H]3CC[C@]12C. The van der Waals surface area contributed by atoms with Gasteiger partial charge < -0.3 is 4.84 Å². The zero-order valence-corrected chi connectivity index (χ0v) is 20.6. The van der Waals surface area contributed by atoms with Crippen molar-refractivity contribution in [2.75, 3.05) is 0 Å². The van der Waals surface area contributed by atoms with Crippen molar-refractivity contribution in [1.29, 1.82) is 0 Å². The van der Waals surface area contributed by atoms with Gasteiger partial charge >= 0.3 is 0 Å². The lowest BCUT2D eigenvalue weighted by molar-refractivity contribution is -0.769.